The second-order valence-electron chi connectivity index (χ2n) is 7.71. The third-order valence-electron chi connectivity index (χ3n) is 4.74. The van der Waals surface area contributed by atoms with Gasteiger partial charge in [-0.3, -0.25) is 9.40 Å². The van der Waals surface area contributed by atoms with Crippen molar-refractivity contribution in [3.8, 4) is 17.0 Å². The number of carbonyl (C=O) groups is 1. The molecule has 3 rings (SSSR count). The van der Waals surface area contributed by atoms with Gasteiger partial charge in [0.2, 0.25) is 5.88 Å². The van der Waals surface area contributed by atoms with Crippen molar-refractivity contribution in [3.05, 3.63) is 54.1 Å². The van der Waals surface area contributed by atoms with E-state index in [9.17, 15) is 13.4 Å². The van der Waals surface area contributed by atoms with Crippen LogP contribution in [-0.2, 0) is 11.0 Å². The van der Waals surface area contributed by atoms with Crippen molar-refractivity contribution in [1.82, 2.24) is 19.5 Å². The molecular formula is C22H26FN5O3S. The van der Waals surface area contributed by atoms with E-state index in [0.29, 0.717) is 28.3 Å². The van der Waals surface area contributed by atoms with Crippen molar-refractivity contribution in [1.29, 1.82) is 0 Å². The zero-order valence-electron chi connectivity index (χ0n) is 18.5. The zero-order chi connectivity index (χ0) is 23.4. The molecule has 0 spiro atoms. The molecule has 2 amide bonds. The summed E-state index contributed by atoms with van der Waals surface area (Å²) in [5, 5.41) is 7.20. The van der Waals surface area contributed by atoms with Gasteiger partial charge in [0.1, 0.15) is 5.82 Å². The molecule has 2 heterocycles. The SMILES string of the molecule is COc1cc(-c2cc(F)cc(C(C)C)c2NC(=O)NS(=O)c2ccn(C(C)C)n2)ccn1. The van der Waals surface area contributed by atoms with Gasteiger partial charge in [0, 0.05) is 30.1 Å². The van der Waals surface area contributed by atoms with Crippen molar-refractivity contribution < 1.29 is 18.1 Å². The van der Waals surface area contributed by atoms with Crippen molar-refractivity contribution in [2.75, 3.05) is 12.4 Å². The van der Waals surface area contributed by atoms with Crippen LogP contribution in [0.5, 0.6) is 5.88 Å². The predicted molar refractivity (Wildman–Crippen MR) is 121 cm³/mol. The molecule has 1 atom stereocenters. The lowest BCUT2D eigenvalue weighted by atomic mass is 9.94. The Bertz CT molecular complexity index is 1150. The van der Waals surface area contributed by atoms with Crippen molar-refractivity contribution >= 4 is 22.7 Å². The van der Waals surface area contributed by atoms with E-state index in [4.69, 9.17) is 4.74 Å². The molecule has 0 aliphatic rings. The van der Waals surface area contributed by atoms with Gasteiger partial charge in [0.25, 0.3) is 0 Å². The number of aromatic nitrogens is 3. The molecule has 32 heavy (non-hydrogen) atoms. The maximum Gasteiger partial charge on any atom is 0.331 e. The normalized spacial score (nSPS) is 12.1. The minimum atomic E-state index is -1.86. The molecule has 0 aliphatic heterocycles. The number of ether oxygens (including phenoxy) is 1. The predicted octanol–water partition coefficient (Wildman–Crippen LogP) is 4.64. The zero-order valence-corrected chi connectivity index (χ0v) is 19.4. The van der Waals surface area contributed by atoms with Gasteiger partial charge < -0.3 is 10.1 Å². The van der Waals surface area contributed by atoms with Gasteiger partial charge >= 0.3 is 6.03 Å². The van der Waals surface area contributed by atoms with Crippen LogP contribution >= 0.6 is 0 Å². The van der Waals surface area contributed by atoms with Crippen LogP contribution in [0.2, 0.25) is 0 Å². The van der Waals surface area contributed by atoms with E-state index >= 15 is 0 Å². The van der Waals surface area contributed by atoms with Gasteiger partial charge in [-0.05, 0) is 55.2 Å². The van der Waals surface area contributed by atoms with E-state index in [1.165, 1.54) is 25.4 Å². The Kier molecular flexibility index (Phi) is 7.24. The van der Waals surface area contributed by atoms with Gasteiger partial charge in [0.05, 0.1) is 12.8 Å². The lowest BCUT2D eigenvalue weighted by Gasteiger charge is -2.19. The summed E-state index contributed by atoms with van der Waals surface area (Å²) >= 11 is 0. The quantitative estimate of drug-likeness (QED) is 0.536. The first kappa shape index (κ1) is 23.4. The molecule has 3 aromatic rings. The standard InChI is InChI=1S/C22H26FN5O3S/c1-13(2)17-11-16(23)12-18(15-6-8-24-19(10-15)31-5)21(17)25-22(29)27-32(30)20-7-9-28(26-20)14(3)4/h6-14H,1-5H3,(H2,25,27,29). The highest BCUT2D eigenvalue weighted by atomic mass is 32.2. The summed E-state index contributed by atoms with van der Waals surface area (Å²) in [7, 11) is -0.373. The summed E-state index contributed by atoms with van der Waals surface area (Å²) in [6.45, 7) is 7.67. The second kappa shape index (κ2) is 9.90. The molecule has 2 N–H and O–H groups in total. The van der Waals surface area contributed by atoms with Crippen LogP contribution in [0.25, 0.3) is 11.1 Å². The first-order chi connectivity index (χ1) is 15.2. The molecule has 0 bridgehead atoms. The third-order valence-corrected chi connectivity index (χ3v) is 5.71. The number of halogens is 1. The van der Waals surface area contributed by atoms with Crippen molar-refractivity contribution in [2.24, 2.45) is 0 Å². The number of hydrogen-bond donors (Lipinski definition) is 2. The van der Waals surface area contributed by atoms with Gasteiger partial charge in [-0.1, -0.05) is 13.8 Å². The van der Waals surface area contributed by atoms with E-state index in [2.05, 4.69) is 20.1 Å². The maximum absolute atomic E-state index is 14.4. The number of hydrogen-bond acceptors (Lipinski definition) is 5. The molecule has 2 aromatic heterocycles. The van der Waals surface area contributed by atoms with Crippen LogP contribution in [-0.4, -0.2) is 32.1 Å². The highest BCUT2D eigenvalue weighted by molar-refractivity contribution is 7.83. The fraction of sp³-hybridized carbons (Fsp3) is 0.318. The number of pyridine rings is 1. The average Bonchev–Trinajstić information content (AvgIpc) is 3.25. The monoisotopic (exact) mass is 459 g/mol. The Labute approximate surface area is 188 Å². The number of carbonyl (C=O) groups excluding carboxylic acids is 1. The van der Waals surface area contributed by atoms with Crippen molar-refractivity contribution in [2.45, 2.75) is 44.7 Å². The highest BCUT2D eigenvalue weighted by Crippen LogP contribution is 2.36. The highest BCUT2D eigenvalue weighted by Gasteiger charge is 2.20. The molecule has 8 nitrogen and oxygen atoms in total. The van der Waals surface area contributed by atoms with E-state index in [1.54, 1.807) is 29.1 Å². The first-order valence-electron chi connectivity index (χ1n) is 10.1. The number of nitrogens with one attached hydrogen (secondary N) is 2. The molecule has 1 aromatic carbocycles. The Balaban J connectivity index is 1.93. The van der Waals surface area contributed by atoms with E-state index in [1.807, 2.05) is 27.7 Å². The largest absolute Gasteiger partial charge is 0.481 e. The summed E-state index contributed by atoms with van der Waals surface area (Å²) in [6.07, 6.45) is 3.24. The van der Waals surface area contributed by atoms with Gasteiger partial charge in [0.15, 0.2) is 16.0 Å². The van der Waals surface area contributed by atoms with Crippen LogP contribution in [0.1, 0.15) is 45.2 Å². The molecule has 0 saturated heterocycles. The topological polar surface area (TPSA) is 98.1 Å². The maximum atomic E-state index is 14.4. The summed E-state index contributed by atoms with van der Waals surface area (Å²) in [5.41, 5.74) is 2.09. The van der Waals surface area contributed by atoms with Gasteiger partial charge in [-0.15, -0.1) is 0 Å². The molecule has 0 saturated carbocycles. The smallest absolute Gasteiger partial charge is 0.331 e. The summed E-state index contributed by atoms with van der Waals surface area (Å²) in [5.74, 6) is -0.168. The molecule has 0 aliphatic carbocycles. The van der Waals surface area contributed by atoms with Gasteiger partial charge in [-0.25, -0.2) is 18.4 Å². The van der Waals surface area contributed by atoms with Crippen LogP contribution in [0.4, 0.5) is 14.9 Å². The van der Waals surface area contributed by atoms with Crippen LogP contribution in [0.15, 0.2) is 47.8 Å². The molecule has 0 fully saturated rings. The fourth-order valence-corrected chi connectivity index (χ4v) is 3.80. The Morgan fingerprint density at radius 1 is 1.19 bits per heavy atom. The minimum Gasteiger partial charge on any atom is -0.481 e. The average molecular weight is 460 g/mol. The molecule has 0 radical (unpaired) electrons. The van der Waals surface area contributed by atoms with Crippen molar-refractivity contribution in [3.63, 3.8) is 0 Å². The number of nitrogens with zero attached hydrogens (tertiary/aromatic N) is 3. The molecular weight excluding hydrogens is 433 g/mol. The van der Waals surface area contributed by atoms with E-state index < -0.39 is 22.8 Å². The van der Waals surface area contributed by atoms with Crippen LogP contribution < -0.4 is 14.8 Å². The molecule has 10 heteroatoms. The van der Waals surface area contributed by atoms with Gasteiger partial charge in [-0.2, -0.15) is 5.10 Å². The number of amides is 2. The number of anilines is 1. The minimum absolute atomic E-state index is 0.0873. The first-order valence-corrected chi connectivity index (χ1v) is 11.2. The number of benzene rings is 1. The Morgan fingerprint density at radius 2 is 1.94 bits per heavy atom. The summed E-state index contributed by atoms with van der Waals surface area (Å²) in [6, 6.07) is 7.05. The summed E-state index contributed by atoms with van der Waals surface area (Å²) in [4.78, 5) is 16.8. The summed E-state index contributed by atoms with van der Waals surface area (Å²) < 4.78 is 36.2. The number of rotatable bonds is 7. The number of urea groups is 1. The molecule has 1 unspecified atom stereocenters. The third kappa shape index (κ3) is 5.31. The van der Waals surface area contributed by atoms with Crippen LogP contribution in [0, 0.1) is 5.82 Å². The van der Waals surface area contributed by atoms with E-state index in [0.717, 1.165) is 0 Å². The second-order valence-corrected chi connectivity index (χ2v) is 8.87. The number of methoxy groups -OCH3 is 1. The van der Waals surface area contributed by atoms with Crippen LogP contribution in [0.3, 0.4) is 0 Å². The lowest BCUT2D eigenvalue weighted by Crippen LogP contribution is -2.31. The Hall–Kier alpha value is -3.27. The lowest BCUT2D eigenvalue weighted by molar-refractivity contribution is 0.257. The fourth-order valence-electron chi connectivity index (χ4n) is 3.12. The molecule has 170 valence electrons. The Morgan fingerprint density at radius 3 is 2.56 bits per heavy atom. The van der Waals surface area contributed by atoms with E-state index in [-0.39, 0.29) is 17.0 Å².